The van der Waals surface area contributed by atoms with Gasteiger partial charge in [0.05, 0.1) is 5.02 Å². The molecule has 0 spiro atoms. The normalized spacial score (nSPS) is 9.73. The first-order valence-corrected chi connectivity index (χ1v) is 4.29. The van der Waals surface area contributed by atoms with Crippen molar-refractivity contribution in [2.24, 2.45) is 0 Å². The minimum absolute atomic E-state index is 0.527. The maximum atomic E-state index is 7.33. The third-order valence-electron chi connectivity index (χ3n) is 1.35. The summed E-state index contributed by atoms with van der Waals surface area (Å²) < 4.78 is 0.865. The first kappa shape index (κ1) is 8.75. The van der Waals surface area contributed by atoms with Gasteiger partial charge in [-0.25, -0.2) is 0 Å². The van der Waals surface area contributed by atoms with Gasteiger partial charge in [-0.05, 0) is 40.5 Å². The van der Waals surface area contributed by atoms with E-state index in [-0.39, 0.29) is 0 Å². The second-order valence-electron chi connectivity index (χ2n) is 2.25. The average molecular weight is 233 g/mol. The molecule has 0 fully saturated rings. The van der Waals surface area contributed by atoms with Crippen LogP contribution in [-0.4, -0.2) is 5.71 Å². The van der Waals surface area contributed by atoms with Gasteiger partial charge in [0.25, 0.3) is 0 Å². The van der Waals surface area contributed by atoms with E-state index in [1.54, 1.807) is 13.0 Å². The maximum absolute atomic E-state index is 7.33. The Bertz CT molecular complexity index is 296. The molecule has 1 nitrogen and oxygen atoms in total. The molecule has 0 aromatic heterocycles. The van der Waals surface area contributed by atoms with Gasteiger partial charge in [0.2, 0.25) is 0 Å². The molecule has 0 aliphatic heterocycles. The minimum Gasteiger partial charge on any atom is -0.305 e. The number of nitrogens with one attached hydrogen (secondary N) is 1. The average Bonchev–Trinajstić information content (AvgIpc) is 1.94. The molecule has 0 saturated heterocycles. The second kappa shape index (κ2) is 3.37. The molecule has 1 aromatic carbocycles. The summed E-state index contributed by atoms with van der Waals surface area (Å²) in [5, 5.41) is 7.98. The van der Waals surface area contributed by atoms with E-state index in [4.69, 9.17) is 17.0 Å². The monoisotopic (exact) mass is 231 g/mol. The lowest BCUT2D eigenvalue weighted by molar-refractivity contribution is 1.45. The highest BCUT2D eigenvalue weighted by atomic mass is 79.9. The molecule has 0 amide bonds. The van der Waals surface area contributed by atoms with Crippen molar-refractivity contribution in [2.75, 3.05) is 0 Å². The first-order chi connectivity index (χ1) is 5.11. The zero-order valence-electron chi connectivity index (χ0n) is 5.99. The summed E-state index contributed by atoms with van der Waals surface area (Å²) in [6, 6.07) is 5.47. The SMILES string of the molecule is CC(=N)c1ccc(Br)c(Cl)c1. The van der Waals surface area contributed by atoms with Crippen molar-refractivity contribution in [1.82, 2.24) is 0 Å². The van der Waals surface area contributed by atoms with Gasteiger partial charge < -0.3 is 5.41 Å². The molecule has 0 saturated carbocycles. The van der Waals surface area contributed by atoms with Crippen molar-refractivity contribution in [1.29, 1.82) is 5.41 Å². The molecule has 1 N–H and O–H groups in total. The number of benzene rings is 1. The summed E-state index contributed by atoms with van der Waals surface area (Å²) in [5.41, 5.74) is 1.39. The van der Waals surface area contributed by atoms with Crippen LogP contribution < -0.4 is 0 Å². The summed E-state index contributed by atoms with van der Waals surface area (Å²) in [7, 11) is 0. The van der Waals surface area contributed by atoms with Gasteiger partial charge in [-0.2, -0.15) is 0 Å². The summed E-state index contributed by atoms with van der Waals surface area (Å²) >= 11 is 9.09. The fraction of sp³-hybridized carbons (Fsp3) is 0.125. The lowest BCUT2D eigenvalue weighted by Gasteiger charge is -1.99. The number of hydrogen-bond acceptors (Lipinski definition) is 1. The third kappa shape index (κ3) is 2.04. The van der Waals surface area contributed by atoms with Crippen LogP contribution in [0.5, 0.6) is 0 Å². The second-order valence-corrected chi connectivity index (χ2v) is 3.52. The molecule has 1 aromatic rings. The van der Waals surface area contributed by atoms with E-state index in [0.29, 0.717) is 10.7 Å². The first-order valence-electron chi connectivity index (χ1n) is 3.12. The van der Waals surface area contributed by atoms with Crippen molar-refractivity contribution in [3.05, 3.63) is 33.3 Å². The van der Waals surface area contributed by atoms with E-state index >= 15 is 0 Å². The summed E-state index contributed by atoms with van der Waals surface area (Å²) in [5.74, 6) is 0. The van der Waals surface area contributed by atoms with Crippen molar-refractivity contribution in [2.45, 2.75) is 6.92 Å². The zero-order valence-corrected chi connectivity index (χ0v) is 8.33. The van der Waals surface area contributed by atoms with E-state index in [1.807, 2.05) is 12.1 Å². The zero-order chi connectivity index (χ0) is 8.43. The van der Waals surface area contributed by atoms with Gasteiger partial charge in [0.1, 0.15) is 0 Å². The van der Waals surface area contributed by atoms with Gasteiger partial charge in [-0.1, -0.05) is 17.7 Å². The number of halogens is 2. The Labute approximate surface area is 79.0 Å². The van der Waals surface area contributed by atoms with Crippen LogP contribution in [0.1, 0.15) is 12.5 Å². The quantitative estimate of drug-likeness (QED) is 0.717. The minimum atomic E-state index is 0.527. The van der Waals surface area contributed by atoms with Gasteiger partial charge >= 0.3 is 0 Å². The standard InChI is InChI=1S/C8H7BrClN/c1-5(11)6-2-3-7(9)8(10)4-6/h2-4,11H,1H3. The Morgan fingerprint density at radius 2 is 2.18 bits per heavy atom. The highest BCUT2D eigenvalue weighted by Gasteiger charge is 1.99. The molecule has 0 unspecified atom stereocenters. The van der Waals surface area contributed by atoms with Crippen LogP contribution >= 0.6 is 27.5 Å². The van der Waals surface area contributed by atoms with Gasteiger partial charge in [0, 0.05) is 10.2 Å². The van der Waals surface area contributed by atoms with E-state index in [2.05, 4.69) is 15.9 Å². The van der Waals surface area contributed by atoms with Gasteiger partial charge in [0.15, 0.2) is 0 Å². The number of hydrogen-bond donors (Lipinski definition) is 1. The molecule has 0 aliphatic carbocycles. The predicted molar refractivity (Wildman–Crippen MR) is 51.7 cm³/mol. The Morgan fingerprint density at radius 3 is 2.64 bits per heavy atom. The van der Waals surface area contributed by atoms with E-state index in [9.17, 15) is 0 Å². The van der Waals surface area contributed by atoms with E-state index in [0.717, 1.165) is 10.0 Å². The highest BCUT2D eigenvalue weighted by Crippen LogP contribution is 2.23. The van der Waals surface area contributed by atoms with Crippen LogP contribution in [0, 0.1) is 5.41 Å². The fourth-order valence-corrected chi connectivity index (χ4v) is 1.16. The summed E-state index contributed by atoms with van der Waals surface area (Å²) in [6.07, 6.45) is 0. The van der Waals surface area contributed by atoms with Crippen LogP contribution in [0.25, 0.3) is 0 Å². The topological polar surface area (TPSA) is 23.9 Å². The molecule has 58 valence electrons. The van der Waals surface area contributed by atoms with Crippen LogP contribution in [0.3, 0.4) is 0 Å². The molecule has 0 heterocycles. The Hall–Kier alpha value is -0.340. The smallest absolute Gasteiger partial charge is 0.0554 e. The molecule has 11 heavy (non-hydrogen) atoms. The molecular formula is C8H7BrClN. The van der Waals surface area contributed by atoms with Gasteiger partial charge in [-0.15, -0.1) is 0 Å². The molecule has 0 radical (unpaired) electrons. The molecule has 1 rings (SSSR count). The maximum Gasteiger partial charge on any atom is 0.0554 e. The van der Waals surface area contributed by atoms with Crippen LogP contribution in [0.4, 0.5) is 0 Å². The Morgan fingerprint density at radius 1 is 1.55 bits per heavy atom. The lowest BCUT2D eigenvalue weighted by atomic mass is 10.1. The van der Waals surface area contributed by atoms with Crippen LogP contribution in [0.2, 0.25) is 5.02 Å². The molecule has 0 bridgehead atoms. The molecule has 3 heteroatoms. The van der Waals surface area contributed by atoms with Gasteiger partial charge in [-0.3, -0.25) is 0 Å². The largest absolute Gasteiger partial charge is 0.305 e. The Balaban J connectivity index is 3.15. The van der Waals surface area contributed by atoms with Crippen LogP contribution in [0.15, 0.2) is 22.7 Å². The van der Waals surface area contributed by atoms with E-state index in [1.165, 1.54) is 0 Å². The molecule has 0 aliphatic rings. The van der Waals surface area contributed by atoms with Crippen molar-refractivity contribution in [3.63, 3.8) is 0 Å². The Kier molecular flexibility index (Phi) is 2.68. The highest BCUT2D eigenvalue weighted by molar-refractivity contribution is 9.10. The summed E-state index contributed by atoms with van der Waals surface area (Å²) in [4.78, 5) is 0. The lowest BCUT2D eigenvalue weighted by Crippen LogP contribution is -1.90. The fourth-order valence-electron chi connectivity index (χ4n) is 0.729. The van der Waals surface area contributed by atoms with Crippen molar-refractivity contribution in [3.8, 4) is 0 Å². The van der Waals surface area contributed by atoms with Crippen molar-refractivity contribution < 1.29 is 0 Å². The van der Waals surface area contributed by atoms with Crippen LogP contribution in [-0.2, 0) is 0 Å². The van der Waals surface area contributed by atoms with Crippen molar-refractivity contribution >= 4 is 33.2 Å². The number of rotatable bonds is 1. The summed E-state index contributed by atoms with van der Waals surface area (Å²) in [6.45, 7) is 1.74. The predicted octanol–water partition coefficient (Wildman–Crippen LogP) is 3.49. The third-order valence-corrected chi connectivity index (χ3v) is 2.59. The molecular weight excluding hydrogens is 225 g/mol. The van der Waals surface area contributed by atoms with E-state index < -0.39 is 0 Å². The molecule has 0 atom stereocenters.